The van der Waals surface area contributed by atoms with Crippen LogP contribution in [0.3, 0.4) is 0 Å². The minimum absolute atomic E-state index is 0.0133. The molecule has 2 fully saturated rings. The third-order valence-electron chi connectivity index (χ3n) is 5.09. The molecule has 3 rings (SSSR count). The number of sulfone groups is 1. The zero-order chi connectivity index (χ0) is 17.9. The van der Waals surface area contributed by atoms with Gasteiger partial charge in [0.25, 0.3) is 0 Å². The fraction of sp³-hybridized carbons (Fsp3) is 0.611. The van der Waals surface area contributed by atoms with Crippen LogP contribution >= 0.6 is 0 Å². The quantitative estimate of drug-likeness (QED) is 0.781. The van der Waals surface area contributed by atoms with Gasteiger partial charge in [-0.25, -0.2) is 8.42 Å². The molecule has 0 radical (unpaired) electrons. The number of carbonyl (C=O) groups is 1. The number of hydrogen-bond acceptors (Lipinski definition) is 5. The molecule has 2 aliphatic rings. The van der Waals surface area contributed by atoms with Gasteiger partial charge < -0.3 is 14.5 Å². The van der Waals surface area contributed by atoms with Gasteiger partial charge >= 0.3 is 0 Å². The van der Waals surface area contributed by atoms with E-state index in [1.54, 1.807) is 11.9 Å². The molecule has 2 aliphatic heterocycles. The lowest BCUT2D eigenvalue weighted by atomic mass is 10.1. The zero-order valence-electron chi connectivity index (χ0n) is 14.7. The second-order valence-electron chi connectivity index (χ2n) is 6.83. The molecular weight excluding hydrogens is 340 g/mol. The molecule has 0 spiro atoms. The standard InChI is InChI=1S/C18H26N2O4S/c1-19(17-8-13-25(22,23)14-17)18(21)7-4-15-2-5-16(6-3-15)20-9-11-24-12-10-20/h2-3,5-6,17H,4,7-14H2,1H3. The average Bonchev–Trinajstić information content (AvgIpc) is 3.00. The number of anilines is 1. The smallest absolute Gasteiger partial charge is 0.222 e. The van der Waals surface area contributed by atoms with Gasteiger partial charge in [-0.3, -0.25) is 4.79 Å². The molecule has 1 unspecified atom stereocenters. The van der Waals surface area contributed by atoms with Crippen molar-refractivity contribution in [1.29, 1.82) is 0 Å². The molecule has 1 atom stereocenters. The Kier molecular flexibility index (Phi) is 5.64. The molecule has 0 aromatic heterocycles. The van der Waals surface area contributed by atoms with Gasteiger partial charge in [-0.15, -0.1) is 0 Å². The van der Waals surface area contributed by atoms with Crippen LogP contribution in [0.25, 0.3) is 0 Å². The molecule has 2 saturated heterocycles. The van der Waals surface area contributed by atoms with E-state index in [2.05, 4.69) is 29.2 Å². The zero-order valence-corrected chi connectivity index (χ0v) is 15.5. The summed E-state index contributed by atoms with van der Waals surface area (Å²) < 4.78 is 28.5. The van der Waals surface area contributed by atoms with Crippen molar-refractivity contribution >= 4 is 21.4 Å². The molecule has 0 saturated carbocycles. The molecule has 0 bridgehead atoms. The van der Waals surface area contributed by atoms with Gasteiger partial charge in [-0.05, 0) is 30.5 Å². The van der Waals surface area contributed by atoms with Crippen LogP contribution < -0.4 is 4.90 Å². The van der Waals surface area contributed by atoms with Crippen LogP contribution in [0.15, 0.2) is 24.3 Å². The Hall–Kier alpha value is -1.60. The summed E-state index contributed by atoms with van der Waals surface area (Å²) in [6, 6.07) is 8.16. The highest BCUT2D eigenvalue weighted by molar-refractivity contribution is 7.91. The lowest BCUT2D eigenvalue weighted by molar-refractivity contribution is -0.131. The van der Waals surface area contributed by atoms with Crippen molar-refractivity contribution in [3.05, 3.63) is 29.8 Å². The number of carbonyl (C=O) groups excluding carboxylic acids is 1. The van der Waals surface area contributed by atoms with Crippen molar-refractivity contribution in [3.63, 3.8) is 0 Å². The minimum Gasteiger partial charge on any atom is -0.378 e. The van der Waals surface area contributed by atoms with Gasteiger partial charge in [0.2, 0.25) is 5.91 Å². The normalized spacial score (nSPS) is 22.8. The molecule has 1 amide bonds. The maximum atomic E-state index is 12.3. The number of hydrogen-bond donors (Lipinski definition) is 0. The second kappa shape index (κ2) is 7.74. The lowest BCUT2D eigenvalue weighted by Gasteiger charge is -2.29. The third-order valence-corrected chi connectivity index (χ3v) is 6.84. The summed E-state index contributed by atoms with van der Waals surface area (Å²) >= 11 is 0. The molecule has 1 aromatic carbocycles. The van der Waals surface area contributed by atoms with Crippen molar-refractivity contribution in [1.82, 2.24) is 4.90 Å². The van der Waals surface area contributed by atoms with Gasteiger partial charge in [0.15, 0.2) is 9.84 Å². The van der Waals surface area contributed by atoms with E-state index < -0.39 is 9.84 Å². The van der Waals surface area contributed by atoms with E-state index in [0.717, 1.165) is 31.9 Å². The van der Waals surface area contributed by atoms with E-state index in [9.17, 15) is 13.2 Å². The summed E-state index contributed by atoms with van der Waals surface area (Å²) in [6.45, 7) is 3.35. The summed E-state index contributed by atoms with van der Waals surface area (Å²) in [5.74, 6) is 0.307. The van der Waals surface area contributed by atoms with E-state index in [1.165, 1.54) is 5.69 Å². The van der Waals surface area contributed by atoms with E-state index in [-0.39, 0.29) is 23.5 Å². The number of benzene rings is 1. The Bertz CT molecular complexity index is 696. The first-order valence-corrected chi connectivity index (χ1v) is 10.6. The Labute approximate surface area is 149 Å². The number of ether oxygens (including phenoxy) is 1. The van der Waals surface area contributed by atoms with Crippen LogP contribution in [-0.2, 0) is 25.8 Å². The molecule has 138 valence electrons. The number of aryl methyl sites for hydroxylation is 1. The fourth-order valence-electron chi connectivity index (χ4n) is 3.41. The summed E-state index contributed by atoms with van der Waals surface area (Å²) in [5, 5.41) is 0. The van der Waals surface area contributed by atoms with Gasteiger partial charge in [0.05, 0.1) is 24.7 Å². The highest BCUT2D eigenvalue weighted by Crippen LogP contribution is 2.19. The third kappa shape index (κ3) is 4.73. The Morgan fingerprint density at radius 2 is 1.92 bits per heavy atom. The summed E-state index contributed by atoms with van der Waals surface area (Å²) in [5.41, 5.74) is 2.31. The number of amides is 1. The second-order valence-corrected chi connectivity index (χ2v) is 9.06. The highest BCUT2D eigenvalue weighted by atomic mass is 32.2. The molecule has 1 aromatic rings. The van der Waals surface area contributed by atoms with Crippen LogP contribution in [-0.4, -0.2) is 70.1 Å². The number of morpholine rings is 1. The lowest BCUT2D eigenvalue weighted by Crippen LogP contribution is -2.37. The van der Waals surface area contributed by atoms with Crippen molar-refractivity contribution in [2.45, 2.75) is 25.3 Å². The van der Waals surface area contributed by atoms with Gasteiger partial charge in [-0.1, -0.05) is 12.1 Å². The summed E-state index contributed by atoms with van der Waals surface area (Å²) in [4.78, 5) is 16.3. The SMILES string of the molecule is CN(C(=O)CCc1ccc(N2CCOCC2)cc1)C1CCS(=O)(=O)C1. The number of nitrogens with zero attached hydrogens (tertiary/aromatic N) is 2. The Morgan fingerprint density at radius 1 is 1.24 bits per heavy atom. The maximum Gasteiger partial charge on any atom is 0.222 e. The van der Waals surface area contributed by atoms with Gasteiger partial charge in [0.1, 0.15) is 0 Å². The largest absolute Gasteiger partial charge is 0.378 e. The first-order chi connectivity index (χ1) is 11.9. The highest BCUT2D eigenvalue weighted by Gasteiger charge is 2.32. The van der Waals surface area contributed by atoms with E-state index in [4.69, 9.17) is 4.74 Å². The predicted octanol–water partition coefficient (Wildman–Crippen LogP) is 1.10. The average molecular weight is 366 g/mol. The Balaban J connectivity index is 1.50. The van der Waals surface area contributed by atoms with E-state index >= 15 is 0 Å². The minimum atomic E-state index is -2.96. The van der Waals surface area contributed by atoms with Crippen LogP contribution in [0.2, 0.25) is 0 Å². The van der Waals surface area contributed by atoms with E-state index in [0.29, 0.717) is 19.3 Å². The molecule has 0 aliphatic carbocycles. The van der Waals surface area contributed by atoms with Crippen molar-refractivity contribution in [2.75, 3.05) is 49.8 Å². The first-order valence-electron chi connectivity index (χ1n) is 8.82. The summed E-state index contributed by atoms with van der Waals surface area (Å²) in [7, 11) is -1.25. The van der Waals surface area contributed by atoms with Gasteiger partial charge in [-0.2, -0.15) is 0 Å². The fourth-order valence-corrected chi connectivity index (χ4v) is 5.18. The van der Waals surface area contributed by atoms with Gasteiger partial charge in [0, 0.05) is 38.3 Å². The molecule has 6 nitrogen and oxygen atoms in total. The van der Waals surface area contributed by atoms with Crippen LogP contribution in [0.1, 0.15) is 18.4 Å². The van der Waals surface area contributed by atoms with E-state index in [1.807, 2.05) is 0 Å². The van der Waals surface area contributed by atoms with Crippen molar-refractivity contribution in [3.8, 4) is 0 Å². The molecule has 2 heterocycles. The molecular formula is C18H26N2O4S. The van der Waals surface area contributed by atoms with Crippen LogP contribution in [0.4, 0.5) is 5.69 Å². The maximum absolute atomic E-state index is 12.3. The van der Waals surface area contributed by atoms with Crippen molar-refractivity contribution in [2.24, 2.45) is 0 Å². The monoisotopic (exact) mass is 366 g/mol. The first kappa shape index (κ1) is 18.2. The topological polar surface area (TPSA) is 66.9 Å². The van der Waals surface area contributed by atoms with Crippen LogP contribution in [0, 0.1) is 0 Å². The van der Waals surface area contributed by atoms with Crippen LogP contribution in [0.5, 0.6) is 0 Å². The number of rotatable bonds is 5. The predicted molar refractivity (Wildman–Crippen MR) is 97.6 cm³/mol. The summed E-state index contributed by atoms with van der Waals surface area (Å²) in [6.07, 6.45) is 1.63. The molecule has 0 N–H and O–H groups in total. The molecule has 25 heavy (non-hydrogen) atoms. The molecule has 7 heteroatoms. The Morgan fingerprint density at radius 3 is 2.52 bits per heavy atom. The van der Waals surface area contributed by atoms with Crippen molar-refractivity contribution < 1.29 is 17.9 Å².